The topological polar surface area (TPSA) is 176 Å². The quantitative estimate of drug-likeness (QED) is 0.0790. The minimum absolute atomic E-state index is 0.0185. The van der Waals surface area contributed by atoms with Gasteiger partial charge in [-0.1, -0.05) is 78.9 Å². The molecular weight excluding hydrogens is 727 g/mol. The highest BCUT2D eigenvalue weighted by Gasteiger charge is 2.25. The van der Waals surface area contributed by atoms with Crippen LogP contribution in [-0.4, -0.2) is 56.0 Å². The first kappa shape index (κ1) is 41.1. The molecule has 5 rings (SSSR count). The van der Waals surface area contributed by atoms with E-state index in [1.807, 2.05) is 80.6 Å². The number of nitrogens with one attached hydrogen (secondary N) is 4. The third kappa shape index (κ3) is 11.7. The fraction of sp³-hybridized carbons (Fsp3) is 0.256. The number of benzene rings is 4. The van der Waals surface area contributed by atoms with E-state index in [4.69, 9.17) is 5.73 Å². The van der Waals surface area contributed by atoms with E-state index in [2.05, 4.69) is 26.3 Å². The summed E-state index contributed by atoms with van der Waals surface area (Å²) in [4.78, 5) is 45.4. The Labute approximate surface area is 329 Å². The van der Waals surface area contributed by atoms with Crippen molar-refractivity contribution in [3.63, 3.8) is 0 Å². The van der Waals surface area contributed by atoms with E-state index in [0.29, 0.717) is 12.1 Å². The Kier molecular flexibility index (Phi) is 14.0. The Morgan fingerprint density at radius 3 is 1.89 bits per heavy atom. The van der Waals surface area contributed by atoms with Crippen molar-refractivity contribution in [2.45, 2.75) is 57.9 Å². The molecule has 0 spiro atoms. The van der Waals surface area contributed by atoms with Crippen molar-refractivity contribution in [3.8, 4) is 0 Å². The summed E-state index contributed by atoms with van der Waals surface area (Å²) in [7, 11) is -3.88. The molecule has 0 aliphatic carbocycles. The molecular formula is C43H49N7O5S. The average molecular weight is 776 g/mol. The van der Waals surface area contributed by atoms with E-state index in [1.165, 1.54) is 22.5 Å². The number of carbonyl (C=O) groups is 3. The zero-order valence-corrected chi connectivity index (χ0v) is 32.8. The van der Waals surface area contributed by atoms with Crippen molar-refractivity contribution >= 4 is 39.1 Å². The zero-order chi connectivity index (χ0) is 40.2. The summed E-state index contributed by atoms with van der Waals surface area (Å²) in [5.74, 6) is -1.24. The molecule has 0 saturated heterocycles. The van der Waals surface area contributed by atoms with Crippen LogP contribution in [0.5, 0.6) is 0 Å². The lowest BCUT2D eigenvalue weighted by Crippen LogP contribution is -2.49. The van der Waals surface area contributed by atoms with Gasteiger partial charge >= 0.3 is 0 Å². The Morgan fingerprint density at radius 2 is 1.30 bits per heavy atom. The van der Waals surface area contributed by atoms with Gasteiger partial charge in [0.25, 0.3) is 11.8 Å². The van der Waals surface area contributed by atoms with Crippen LogP contribution in [0, 0.1) is 0 Å². The SMILES string of the molecule is CC(NC(=O)c1cc(C(=O)N[C@H](CN[C@@H](C)C(=O)N[C@H](C)c2ccc(N)cc2)Cc2ccccc2)cc(N(Cc2ccccc2)S(C)(=O)=O)c1)c1cccnc1. The standard InChI is InChI=1S/C43H49N7O5S/c1-29(34-17-19-38(44)20-18-34)47-41(51)31(3)46-27-39(22-32-12-7-5-8-13-32)49-43(53)37-23-36(42(52)48-30(2)35-16-11-21-45-26-35)24-40(25-37)50(56(4,54)55)28-33-14-9-6-10-15-33/h5-21,23-26,29-31,39,46H,22,27-28,44H2,1-4H3,(H,47,51)(H,48,52)(H,49,53)/t29-,30?,31+,39+/m1/s1. The molecule has 0 radical (unpaired) electrons. The summed E-state index contributed by atoms with van der Waals surface area (Å²) in [6.07, 6.45) is 4.80. The van der Waals surface area contributed by atoms with Gasteiger partial charge in [-0.2, -0.15) is 0 Å². The molecule has 292 valence electrons. The predicted molar refractivity (Wildman–Crippen MR) is 220 cm³/mol. The molecule has 1 unspecified atom stereocenters. The van der Waals surface area contributed by atoms with E-state index in [1.54, 1.807) is 49.6 Å². The number of hydrogen-bond acceptors (Lipinski definition) is 8. The zero-order valence-electron chi connectivity index (χ0n) is 32.0. The summed E-state index contributed by atoms with van der Waals surface area (Å²) >= 11 is 0. The molecule has 0 aliphatic heterocycles. The minimum Gasteiger partial charge on any atom is -0.399 e. The van der Waals surface area contributed by atoms with Gasteiger partial charge in [0.15, 0.2) is 0 Å². The van der Waals surface area contributed by atoms with Crippen LogP contribution in [-0.2, 0) is 27.8 Å². The second-order valence-corrected chi connectivity index (χ2v) is 15.8. The number of nitrogens with two attached hydrogens (primary N) is 1. The number of hydrogen-bond donors (Lipinski definition) is 5. The molecule has 13 heteroatoms. The second-order valence-electron chi connectivity index (χ2n) is 13.9. The number of pyridine rings is 1. The van der Waals surface area contributed by atoms with Gasteiger partial charge in [0.1, 0.15) is 0 Å². The minimum atomic E-state index is -3.88. The highest BCUT2D eigenvalue weighted by Crippen LogP contribution is 2.25. The monoisotopic (exact) mass is 775 g/mol. The number of nitrogen functional groups attached to an aromatic ring is 1. The number of nitrogens with zero attached hydrogens (tertiary/aromatic N) is 2. The normalized spacial score (nSPS) is 13.4. The maximum absolute atomic E-state index is 14.2. The highest BCUT2D eigenvalue weighted by molar-refractivity contribution is 7.92. The van der Waals surface area contributed by atoms with Gasteiger partial charge in [-0.15, -0.1) is 0 Å². The number of amides is 3. The van der Waals surface area contributed by atoms with Crippen molar-refractivity contribution in [1.82, 2.24) is 26.3 Å². The van der Waals surface area contributed by atoms with Crippen molar-refractivity contribution in [2.75, 3.05) is 22.8 Å². The smallest absolute Gasteiger partial charge is 0.251 e. The van der Waals surface area contributed by atoms with E-state index in [-0.39, 0.29) is 41.9 Å². The molecule has 4 atom stereocenters. The lowest BCUT2D eigenvalue weighted by Gasteiger charge is -2.25. The van der Waals surface area contributed by atoms with Crippen LogP contribution in [0.4, 0.5) is 11.4 Å². The average Bonchev–Trinajstić information content (AvgIpc) is 3.19. The maximum Gasteiger partial charge on any atom is 0.251 e. The van der Waals surface area contributed by atoms with E-state index < -0.39 is 40.0 Å². The van der Waals surface area contributed by atoms with Gasteiger partial charge in [0.05, 0.1) is 36.6 Å². The van der Waals surface area contributed by atoms with Crippen LogP contribution < -0.4 is 31.3 Å². The van der Waals surface area contributed by atoms with Gasteiger partial charge in [-0.05, 0) is 85.8 Å². The van der Waals surface area contributed by atoms with Crippen molar-refractivity contribution < 1.29 is 22.8 Å². The summed E-state index contributed by atoms with van der Waals surface area (Å²) in [5, 5.41) is 12.3. The number of rotatable bonds is 17. The summed E-state index contributed by atoms with van der Waals surface area (Å²) < 4.78 is 27.7. The third-order valence-corrected chi connectivity index (χ3v) is 10.5. The fourth-order valence-electron chi connectivity index (χ4n) is 6.12. The largest absolute Gasteiger partial charge is 0.399 e. The molecule has 0 bridgehead atoms. The molecule has 12 nitrogen and oxygen atoms in total. The van der Waals surface area contributed by atoms with Crippen LogP contribution in [0.15, 0.2) is 128 Å². The van der Waals surface area contributed by atoms with E-state index >= 15 is 0 Å². The number of carbonyl (C=O) groups excluding carboxylic acids is 3. The molecule has 0 fully saturated rings. The Hall–Kier alpha value is -6.05. The van der Waals surface area contributed by atoms with Crippen LogP contribution in [0.25, 0.3) is 0 Å². The molecule has 1 aromatic heterocycles. The van der Waals surface area contributed by atoms with Gasteiger partial charge in [0, 0.05) is 41.8 Å². The van der Waals surface area contributed by atoms with Crippen LogP contribution >= 0.6 is 0 Å². The summed E-state index contributed by atoms with van der Waals surface area (Å²) in [5.41, 5.74) is 10.2. The molecule has 6 N–H and O–H groups in total. The van der Waals surface area contributed by atoms with E-state index in [9.17, 15) is 22.8 Å². The summed E-state index contributed by atoms with van der Waals surface area (Å²) in [6, 6.07) is 32.2. The Bertz CT molecular complexity index is 2190. The lowest BCUT2D eigenvalue weighted by atomic mass is 10.0. The molecule has 5 aromatic rings. The van der Waals surface area contributed by atoms with Gasteiger partial charge in [-0.3, -0.25) is 23.7 Å². The van der Waals surface area contributed by atoms with E-state index in [0.717, 1.165) is 28.5 Å². The van der Waals surface area contributed by atoms with Gasteiger partial charge < -0.3 is 27.0 Å². The lowest BCUT2D eigenvalue weighted by molar-refractivity contribution is -0.123. The molecule has 0 aliphatic rings. The molecule has 4 aromatic carbocycles. The Morgan fingerprint density at radius 1 is 0.714 bits per heavy atom. The van der Waals surface area contributed by atoms with Crippen LogP contribution in [0.1, 0.15) is 75.8 Å². The third-order valence-electron chi connectivity index (χ3n) is 9.35. The second kappa shape index (κ2) is 19.0. The number of sulfonamides is 1. The fourth-order valence-corrected chi connectivity index (χ4v) is 6.99. The van der Waals surface area contributed by atoms with Crippen LogP contribution in [0.3, 0.4) is 0 Å². The first-order valence-corrected chi connectivity index (χ1v) is 20.2. The van der Waals surface area contributed by atoms with Gasteiger partial charge in [0.2, 0.25) is 15.9 Å². The van der Waals surface area contributed by atoms with Crippen molar-refractivity contribution in [1.29, 1.82) is 0 Å². The summed E-state index contributed by atoms with van der Waals surface area (Å²) in [6.45, 7) is 5.66. The molecule has 0 saturated carbocycles. The molecule has 1 heterocycles. The van der Waals surface area contributed by atoms with Crippen molar-refractivity contribution in [2.24, 2.45) is 0 Å². The van der Waals surface area contributed by atoms with Crippen molar-refractivity contribution in [3.05, 3.63) is 161 Å². The Balaban J connectivity index is 1.41. The number of anilines is 2. The first-order chi connectivity index (χ1) is 26.8. The first-order valence-electron chi connectivity index (χ1n) is 18.4. The highest BCUT2D eigenvalue weighted by atomic mass is 32.2. The van der Waals surface area contributed by atoms with Crippen LogP contribution in [0.2, 0.25) is 0 Å². The predicted octanol–water partition coefficient (Wildman–Crippen LogP) is 5.32. The van der Waals surface area contributed by atoms with Gasteiger partial charge in [-0.25, -0.2) is 8.42 Å². The maximum atomic E-state index is 14.2. The molecule has 56 heavy (non-hydrogen) atoms. The molecule has 3 amide bonds. The number of aromatic nitrogens is 1.